The van der Waals surface area contributed by atoms with Crippen molar-refractivity contribution in [3.8, 4) is 0 Å². The maximum Gasteiger partial charge on any atom is 0.306 e. The third kappa shape index (κ3) is 5.33. The maximum atomic E-state index is 10.8. The topological polar surface area (TPSA) is 112 Å². The van der Waals surface area contributed by atoms with E-state index >= 15 is 0 Å². The van der Waals surface area contributed by atoms with Crippen molar-refractivity contribution in [1.29, 1.82) is 0 Å². The summed E-state index contributed by atoms with van der Waals surface area (Å²) in [5.41, 5.74) is 0. The van der Waals surface area contributed by atoms with Crippen molar-refractivity contribution in [3.05, 3.63) is 0 Å². The Balaban J connectivity index is 4.37. The predicted octanol–water partition coefficient (Wildman–Crippen LogP) is 1.05. The highest BCUT2D eigenvalue weighted by atomic mass is 16.4. The number of carbonyl (C=O) groups is 3. The summed E-state index contributed by atoms with van der Waals surface area (Å²) in [5, 5.41) is 26.0. The van der Waals surface area contributed by atoms with Gasteiger partial charge in [-0.25, -0.2) is 0 Å². The minimum Gasteiger partial charge on any atom is -0.481 e. The monoisotopic (exact) mass is 232 g/mol. The Morgan fingerprint density at radius 1 is 1.00 bits per heavy atom. The van der Waals surface area contributed by atoms with Crippen molar-refractivity contribution in [1.82, 2.24) is 0 Å². The molecule has 0 spiro atoms. The Morgan fingerprint density at radius 2 is 1.50 bits per heavy atom. The Kier molecular flexibility index (Phi) is 6.14. The minimum atomic E-state index is -1.14. The lowest BCUT2D eigenvalue weighted by Gasteiger charge is -2.15. The molecule has 0 aliphatic heterocycles. The van der Waals surface area contributed by atoms with Crippen LogP contribution < -0.4 is 0 Å². The van der Waals surface area contributed by atoms with E-state index in [2.05, 4.69) is 0 Å². The number of carboxylic acids is 3. The van der Waals surface area contributed by atoms with Crippen LogP contribution in [-0.2, 0) is 14.4 Å². The Hall–Kier alpha value is -1.59. The van der Waals surface area contributed by atoms with Gasteiger partial charge in [-0.2, -0.15) is 0 Å². The summed E-state index contributed by atoms with van der Waals surface area (Å²) in [4.78, 5) is 31.8. The van der Waals surface area contributed by atoms with E-state index in [9.17, 15) is 14.4 Å². The fourth-order valence-corrected chi connectivity index (χ4v) is 1.43. The van der Waals surface area contributed by atoms with Crippen LogP contribution in [0.2, 0.25) is 0 Å². The highest BCUT2D eigenvalue weighted by Gasteiger charge is 2.26. The maximum absolute atomic E-state index is 10.8. The molecule has 0 saturated heterocycles. The smallest absolute Gasteiger partial charge is 0.306 e. The lowest BCUT2D eigenvalue weighted by atomic mass is 9.89. The zero-order valence-electron chi connectivity index (χ0n) is 9.05. The summed E-state index contributed by atoms with van der Waals surface area (Å²) in [5.74, 6) is -4.88. The molecule has 6 nitrogen and oxygen atoms in total. The molecule has 0 heterocycles. The Labute approximate surface area is 92.9 Å². The molecule has 16 heavy (non-hydrogen) atoms. The molecular weight excluding hydrogens is 216 g/mol. The molecule has 6 heteroatoms. The van der Waals surface area contributed by atoms with Gasteiger partial charge in [-0.15, -0.1) is 0 Å². The molecule has 0 bridgehead atoms. The van der Waals surface area contributed by atoms with E-state index in [0.29, 0.717) is 6.42 Å². The average molecular weight is 232 g/mol. The molecule has 2 atom stereocenters. The number of rotatable bonds is 8. The van der Waals surface area contributed by atoms with Gasteiger partial charge in [0, 0.05) is 6.42 Å². The van der Waals surface area contributed by atoms with Gasteiger partial charge in [0.05, 0.1) is 11.8 Å². The molecule has 0 amide bonds. The van der Waals surface area contributed by atoms with Gasteiger partial charge in [-0.05, 0) is 19.3 Å². The van der Waals surface area contributed by atoms with Gasteiger partial charge in [-0.1, -0.05) is 6.92 Å². The molecule has 0 aromatic rings. The zero-order chi connectivity index (χ0) is 12.7. The van der Waals surface area contributed by atoms with Crippen molar-refractivity contribution < 1.29 is 29.7 Å². The van der Waals surface area contributed by atoms with Crippen LogP contribution in [-0.4, -0.2) is 33.2 Å². The fraction of sp³-hybridized carbons (Fsp3) is 0.700. The SMILES string of the molecule is CCC(CC(CCC(=O)O)C(=O)O)C(=O)O. The average Bonchev–Trinajstić information content (AvgIpc) is 2.16. The molecule has 0 aromatic carbocycles. The van der Waals surface area contributed by atoms with Crippen molar-refractivity contribution >= 4 is 17.9 Å². The van der Waals surface area contributed by atoms with E-state index in [1.807, 2.05) is 0 Å². The van der Waals surface area contributed by atoms with Gasteiger partial charge in [0.1, 0.15) is 0 Å². The Morgan fingerprint density at radius 3 is 1.81 bits per heavy atom. The highest BCUT2D eigenvalue weighted by molar-refractivity contribution is 5.74. The van der Waals surface area contributed by atoms with Crippen LogP contribution in [0.3, 0.4) is 0 Å². The second-order valence-electron chi connectivity index (χ2n) is 3.65. The van der Waals surface area contributed by atoms with E-state index in [4.69, 9.17) is 15.3 Å². The number of hydrogen-bond acceptors (Lipinski definition) is 3. The Bertz CT molecular complexity index is 272. The van der Waals surface area contributed by atoms with Gasteiger partial charge >= 0.3 is 17.9 Å². The molecule has 0 fully saturated rings. The van der Waals surface area contributed by atoms with Gasteiger partial charge in [0.25, 0.3) is 0 Å². The molecule has 0 aliphatic rings. The first-order valence-corrected chi connectivity index (χ1v) is 5.05. The first kappa shape index (κ1) is 14.4. The van der Waals surface area contributed by atoms with E-state index in [1.165, 1.54) is 0 Å². The zero-order valence-corrected chi connectivity index (χ0v) is 9.05. The normalized spacial score (nSPS) is 14.1. The second-order valence-corrected chi connectivity index (χ2v) is 3.65. The van der Waals surface area contributed by atoms with E-state index < -0.39 is 29.7 Å². The van der Waals surface area contributed by atoms with Crippen LogP contribution in [0.15, 0.2) is 0 Å². The van der Waals surface area contributed by atoms with E-state index in [-0.39, 0.29) is 19.3 Å². The van der Waals surface area contributed by atoms with Crippen LogP contribution >= 0.6 is 0 Å². The fourth-order valence-electron chi connectivity index (χ4n) is 1.43. The first-order valence-electron chi connectivity index (χ1n) is 5.05. The van der Waals surface area contributed by atoms with Crippen LogP contribution in [0, 0.1) is 11.8 Å². The predicted molar refractivity (Wildman–Crippen MR) is 54.0 cm³/mol. The first-order chi connectivity index (χ1) is 7.38. The largest absolute Gasteiger partial charge is 0.481 e. The quantitative estimate of drug-likeness (QED) is 0.576. The molecule has 0 aromatic heterocycles. The number of hydrogen-bond donors (Lipinski definition) is 3. The molecule has 3 N–H and O–H groups in total. The van der Waals surface area contributed by atoms with Crippen LogP contribution in [0.25, 0.3) is 0 Å². The van der Waals surface area contributed by atoms with Crippen LogP contribution in [0.4, 0.5) is 0 Å². The minimum absolute atomic E-state index is 0.0194. The summed E-state index contributed by atoms with van der Waals surface area (Å²) in [6.45, 7) is 1.66. The van der Waals surface area contributed by atoms with Gasteiger partial charge in [0.2, 0.25) is 0 Å². The summed E-state index contributed by atoms with van der Waals surface area (Å²) in [6.07, 6.45) is 0.0299. The highest BCUT2D eigenvalue weighted by Crippen LogP contribution is 2.20. The molecular formula is C10H16O6. The molecule has 2 unspecified atom stereocenters. The van der Waals surface area contributed by atoms with Crippen molar-refractivity contribution in [2.75, 3.05) is 0 Å². The van der Waals surface area contributed by atoms with Crippen LogP contribution in [0.5, 0.6) is 0 Å². The molecule has 0 aliphatic carbocycles. The molecule has 92 valence electrons. The molecule has 0 rings (SSSR count). The molecule has 0 saturated carbocycles. The van der Waals surface area contributed by atoms with Gasteiger partial charge < -0.3 is 15.3 Å². The van der Waals surface area contributed by atoms with Crippen molar-refractivity contribution in [2.45, 2.75) is 32.6 Å². The lowest BCUT2D eigenvalue weighted by Crippen LogP contribution is -2.23. The second kappa shape index (κ2) is 6.81. The summed E-state index contributed by atoms with van der Waals surface area (Å²) < 4.78 is 0. The third-order valence-corrected chi connectivity index (χ3v) is 2.47. The van der Waals surface area contributed by atoms with E-state index in [1.54, 1.807) is 6.92 Å². The molecule has 0 radical (unpaired) electrons. The van der Waals surface area contributed by atoms with Gasteiger partial charge in [-0.3, -0.25) is 14.4 Å². The summed E-state index contributed by atoms with van der Waals surface area (Å²) >= 11 is 0. The summed E-state index contributed by atoms with van der Waals surface area (Å²) in [6, 6.07) is 0. The standard InChI is InChI=1S/C10H16O6/c1-2-6(9(13)14)5-7(10(15)16)3-4-8(11)12/h6-7H,2-5H2,1H3,(H,11,12)(H,13,14)(H,15,16). The lowest BCUT2D eigenvalue weighted by molar-refractivity contribution is -0.146. The van der Waals surface area contributed by atoms with E-state index in [0.717, 1.165) is 0 Å². The summed E-state index contributed by atoms with van der Waals surface area (Å²) in [7, 11) is 0. The van der Waals surface area contributed by atoms with Crippen molar-refractivity contribution in [2.24, 2.45) is 11.8 Å². The van der Waals surface area contributed by atoms with Gasteiger partial charge in [0.15, 0.2) is 0 Å². The number of aliphatic carboxylic acids is 3. The van der Waals surface area contributed by atoms with Crippen LogP contribution in [0.1, 0.15) is 32.6 Å². The van der Waals surface area contributed by atoms with Crippen molar-refractivity contribution in [3.63, 3.8) is 0 Å². The third-order valence-electron chi connectivity index (χ3n) is 2.47. The number of carboxylic acid groups (broad SMARTS) is 3.